The van der Waals surface area contributed by atoms with Gasteiger partial charge in [0.25, 0.3) is 0 Å². The van der Waals surface area contributed by atoms with Crippen LogP contribution >= 0.6 is 0 Å². The molecule has 0 spiro atoms. The van der Waals surface area contributed by atoms with Crippen molar-refractivity contribution in [1.82, 2.24) is 5.32 Å². The molecule has 0 saturated heterocycles. The zero-order chi connectivity index (χ0) is 14.1. The molecule has 2 fully saturated rings. The summed E-state index contributed by atoms with van der Waals surface area (Å²) in [5, 5.41) is 3.84. The molecule has 110 valence electrons. The summed E-state index contributed by atoms with van der Waals surface area (Å²) in [5.74, 6) is 3.07. The molecule has 0 aliphatic heterocycles. The van der Waals surface area contributed by atoms with Gasteiger partial charge < -0.3 is 5.32 Å². The molecule has 1 aromatic rings. The Kier molecular flexibility index (Phi) is 4.16. The van der Waals surface area contributed by atoms with Crippen LogP contribution in [-0.2, 0) is 6.42 Å². The number of hydrogen-bond donors (Lipinski definition) is 1. The van der Waals surface area contributed by atoms with Crippen LogP contribution in [0.5, 0.6) is 0 Å². The SMILES string of the molecule is CCCNC(Cc1ccc(C)c(C)c1)C1C2CCCC21. The van der Waals surface area contributed by atoms with E-state index in [0.29, 0.717) is 6.04 Å². The fraction of sp³-hybridized carbons (Fsp3) is 0.684. The minimum absolute atomic E-state index is 0.715. The fourth-order valence-electron chi connectivity index (χ4n) is 4.33. The van der Waals surface area contributed by atoms with E-state index in [-0.39, 0.29) is 0 Å². The van der Waals surface area contributed by atoms with Crippen molar-refractivity contribution in [2.45, 2.75) is 58.9 Å². The van der Waals surface area contributed by atoms with Gasteiger partial charge in [-0.15, -0.1) is 0 Å². The highest BCUT2D eigenvalue weighted by Gasteiger charge is 2.55. The highest BCUT2D eigenvalue weighted by Crippen LogP contribution is 2.59. The van der Waals surface area contributed by atoms with Crippen molar-refractivity contribution in [1.29, 1.82) is 0 Å². The molecular weight excluding hydrogens is 242 g/mol. The molecule has 20 heavy (non-hydrogen) atoms. The molecule has 0 radical (unpaired) electrons. The average molecular weight is 271 g/mol. The Morgan fingerprint density at radius 2 is 1.90 bits per heavy atom. The molecular formula is C19H29N. The second-order valence-corrected chi connectivity index (χ2v) is 7.02. The average Bonchev–Trinajstić information content (AvgIpc) is 2.91. The van der Waals surface area contributed by atoms with Gasteiger partial charge >= 0.3 is 0 Å². The molecule has 0 amide bonds. The maximum Gasteiger partial charge on any atom is 0.0141 e. The third kappa shape index (κ3) is 2.79. The van der Waals surface area contributed by atoms with E-state index in [0.717, 1.165) is 17.8 Å². The molecule has 1 N–H and O–H groups in total. The number of nitrogens with one attached hydrogen (secondary N) is 1. The molecule has 1 nitrogen and oxygen atoms in total. The summed E-state index contributed by atoms with van der Waals surface area (Å²) in [4.78, 5) is 0. The van der Waals surface area contributed by atoms with Gasteiger partial charge in [-0.25, -0.2) is 0 Å². The predicted molar refractivity (Wildman–Crippen MR) is 86.0 cm³/mol. The molecule has 1 heteroatoms. The van der Waals surface area contributed by atoms with Gasteiger partial charge in [0.1, 0.15) is 0 Å². The Morgan fingerprint density at radius 1 is 1.15 bits per heavy atom. The zero-order valence-corrected chi connectivity index (χ0v) is 13.3. The second-order valence-electron chi connectivity index (χ2n) is 7.02. The molecule has 2 aliphatic rings. The molecule has 0 heterocycles. The Hall–Kier alpha value is -0.820. The first-order valence-electron chi connectivity index (χ1n) is 8.50. The van der Waals surface area contributed by atoms with Crippen LogP contribution in [0, 0.1) is 31.6 Å². The summed E-state index contributed by atoms with van der Waals surface area (Å²) in [6.45, 7) is 7.88. The van der Waals surface area contributed by atoms with E-state index in [1.807, 2.05) is 0 Å². The lowest BCUT2D eigenvalue weighted by Gasteiger charge is -2.21. The van der Waals surface area contributed by atoms with Crippen LogP contribution in [0.25, 0.3) is 0 Å². The lowest BCUT2D eigenvalue weighted by atomic mass is 9.95. The summed E-state index contributed by atoms with van der Waals surface area (Å²) in [6, 6.07) is 7.73. The summed E-state index contributed by atoms with van der Waals surface area (Å²) in [7, 11) is 0. The van der Waals surface area contributed by atoms with Gasteiger partial charge in [0.2, 0.25) is 0 Å². The largest absolute Gasteiger partial charge is 0.313 e. The van der Waals surface area contributed by atoms with Gasteiger partial charge in [-0.1, -0.05) is 31.5 Å². The van der Waals surface area contributed by atoms with Crippen LogP contribution in [0.15, 0.2) is 18.2 Å². The van der Waals surface area contributed by atoms with Crippen molar-refractivity contribution in [3.05, 3.63) is 34.9 Å². The van der Waals surface area contributed by atoms with Gasteiger partial charge in [-0.2, -0.15) is 0 Å². The smallest absolute Gasteiger partial charge is 0.0141 e. The van der Waals surface area contributed by atoms with Crippen LogP contribution in [0.4, 0.5) is 0 Å². The molecule has 3 rings (SSSR count). The lowest BCUT2D eigenvalue weighted by molar-refractivity contribution is 0.403. The standard InChI is InChI=1S/C19H29N/c1-4-10-20-18(19-16-6-5-7-17(16)19)12-15-9-8-13(2)14(3)11-15/h8-9,11,16-20H,4-7,10,12H2,1-3H3. The predicted octanol–water partition coefficient (Wildman–Crippen LogP) is 4.26. The Morgan fingerprint density at radius 3 is 2.55 bits per heavy atom. The Bertz CT molecular complexity index is 455. The van der Waals surface area contributed by atoms with Gasteiger partial charge in [0.05, 0.1) is 0 Å². The molecule has 1 aromatic carbocycles. The number of aryl methyl sites for hydroxylation is 2. The Labute approximate surface area is 124 Å². The molecule has 3 unspecified atom stereocenters. The topological polar surface area (TPSA) is 12.0 Å². The third-order valence-electron chi connectivity index (χ3n) is 5.62. The zero-order valence-electron chi connectivity index (χ0n) is 13.3. The van der Waals surface area contributed by atoms with Crippen molar-refractivity contribution in [3.63, 3.8) is 0 Å². The maximum atomic E-state index is 3.84. The summed E-state index contributed by atoms with van der Waals surface area (Å²) in [6.07, 6.45) is 6.93. The fourth-order valence-corrected chi connectivity index (χ4v) is 4.33. The summed E-state index contributed by atoms with van der Waals surface area (Å²) < 4.78 is 0. The highest BCUT2D eigenvalue weighted by molar-refractivity contribution is 5.30. The van der Waals surface area contributed by atoms with Crippen LogP contribution in [-0.4, -0.2) is 12.6 Å². The van der Waals surface area contributed by atoms with E-state index in [9.17, 15) is 0 Å². The molecule has 3 atom stereocenters. The van der Waals surface area contributed by atoms with Crippen LogP contribution in [0.1, 0.15) is 49.3 Å². The highest BCUT2D eigenvalue weighted by atomic mass is 14.9. The number of rotatable bonds is 6. The maximum absolute atomic E-state index is 3.84. The first-order chi connectivity index (χ1) is 9.70. The Balaban J connectivity index is 1.67. The second kappa shape index (κ2) is 5.89. The lowest BCUT2D eigenvalue weighted by Crippen LogP contribution is -2.35. The molecule has 2 saturated carbocycles. The molecule has 0 bridgehead atoms. The van der Waals surface area contributed by atoms with Crippen molar-refractivity contribution in [2.24, 2.45) is 17.8 Å². The summed E-state index contributed by atoms with van der Waals surface area (Å²) in [5.41, 5.74) is 4.37. The van der Waals surface area contributed by atoms with Gasteiger partial charge in [-0.3, -0.25) is 0 Å². The van der Waals surface area contributed by atoms with Crippen molar-refractivity contribution in [2.75, 3.05) is 6.54 Å². The summed E-state index contributed by atoms with van der Waals surface area (Å²) >= 11 is 0. The van der Waals surface area contributed by atoms with Crippen molar-refractivity contribution < 1.29 is 0 Å². The van der Waals surface area contributed by atoms with Crippen molar-refractivity contribution >= 4 is 0 Å². The molecule has 2 aliphatic carbocycles. The van der Waals surface area contributed by atoms with E-state index in [1.54, 1.807) is 0 Å². The number of fused-ring (bicyclic) bond motifs is 1. The van der Waals surface area contributed by atoms with Crippen LogP contribution in [0.2, 0.25) is 0 Å². The van der Waals surface area contributed by atoms with Gasteiger partial charge in [0.15, 0.2) is 0 Å². The van der Waals surface area contributed by atoms with E-state index in [2.05, 4.69) is 44.3 Å². The van der Waals surface area contributed by atoms with E-state index < -0.39 is 0 Å². The first kappa shape index (κ1) is 14.1. The quantitative estimate of drug-likeness (QED) is 0.815. The minimum Gasteiger partial charge on any atom is -0.313 e. The number of hydrogen-bond acceptors (Lipinski definition) is 1. The van der Waals surface area contributed by atoms with Crippen LogP contribution in [0.3, 0.4) is 0 Å². The van der Waals surface area contributed by atoms with Crippen molar-refractivity contribution in [3.8, 4) is 0 Å². The van der Waals surface area contributed by atoms with Gasteiger partial charge in [0, 0.05) is 6.04 Å². The molecule has 0 aromatic heterocycles. The van der Waals surface area contributed by atoms with E-state index in [4.69, 9.17) is 0 Å². The first-order valence-corrected chi connectivity index (χ1v) is 8.50. The van der Waals surface area contributed by atoms with Crippen LogP contribution < -0.4 is 5.32 Å². The number of benzene rings is 1. The third-order valence-corrected chi connectivity index (χ3v) is 5.62. The minimum atomic E-state index is 0.715. The monoisotopic (exact) mass is 271 g/mol. The van der Waals surface area contributed by atoms with E-state index >= 15 is 0 Å². The van der Waals surface area contributed by atoms with E-state index in [1.165, 1.54) is 55.3 Å². The van der Waals surface area contributed by atoms with Gasteiger partial charge in [-0.05, 0) is 80.5 Å². The normalized spacial score (nSPS) is 29.2.